The van der Waals surface area contributed by atoms with E-state index in [0.717, 1.165) is 10.9 Å². The summed E-state index contributed by atoms with van der Waals surface area (Å²) in [5, 5.41) is 2.27. The molecule has 0 radical (unpaired) electrons. The first-order valence-electron chi connectivity index (χ1n) is 5.78. The molecule has 1 heterocycles. The third kappa shape index (κ3) is 3.03. The van der Waals surface area contributed by atoms with Gasteiger partial charge < -0.3 is 4.74 Å². The molecule has 1 aromatic carbocycles. The number of nitrogens with zero attached hydrogens (tertiary/aromatic N) is 1. The predicted octanol–water partition coefficient (Wildman–Crippen LogP) is 2.73. The quantitative estimate of drug-likeness (QED) is 0.757. The van der Waals surface area contributed by atoms with E-state index in [0.29, 0.717) is 19.4 Å². The first-order valence-corrected chi connectivity index (χ1v) is 5.78. The van der Waals surface area contributed by atoms with Crippen molar-refractivity contribution >= 4 is 16.7 Å². The molecule has 0 atom stereocenters. The summed E-state index contributed by atoms with van der Waals surface area (Å²) in [6.45, 7) is 2.26. The molecule has 0 aliphatic heterocycles. The van der Waals surface area contributed by atoms with Gasteiger partial charge in [0.1, 0.15) is 0 Å². The van der Waals surface area contributed by atoms with Crippen LogP contribution in [0, 0.1) is 0 Å². The zero-order chi connectivity index (χ0) is 12.1. The fraction of sp³-hybridized carbons (Fsp3) is 0.286. The van der Waals surface area contributed by atoms with Crippen molar-refractivity contribution in [1.82, 2.24) is 4.98 Å². The Kier molecular flexibility index (Phi) is 3.70. The third-order valence-corrected chi connectivity index (χ3v) is 2.63. The van der Waals surface area contributed by atoms with Crippen LogP contribution in [-0.4, -0.2) is 17.6 Å². The van der Waals surface area contributed by atoms with Crippen LogP contribution in [0.25, 0.3) is 10.8 Å². The molecule has 17 heavy (non-hydrogen) atoms. The maximum absolute atomic E-state index is 11.2. The zero-order valence-electron chi connectivity index (χ0n) is 9.85. The summed E-state index contributed by atoms with van der Waals surface area (Å²) in [7, 11) is 0. The Morgan fingerprint density at radius 1 is 1.29 bits per heavy atom. The normalized spacial score (nSPS) is 10.4. The van der Waals surface area contributed by atoms with Crippen molar-refractivity contribution in [2.24, 2.45) is 0 Å². The van der Waals surface area contributed by atoms with E-state index in [4.69, 9.17) is 4.74 Å². The van der Waals surface area contributed by atoms with Gasteiger partial charge in [-0.25, -0.2) is 0 Å². The third-order valence-electron chi connectivity index (χ3n) is 2.63. The van der Waals surface area contributed by atoms with Crippen molar-refractivity contribution in [1.29, 1.82) is 0 Å². The lowest BCUT2D eigenvalue weighted by Gasteiger charge is -2.03. The molecule has 0 fully saturated rings. The fourth-order valence-corrected chi connectivity index (χ4v) is 1.77. The maximum atomic E-state index is 11.2. The van der Waals surface area contributed by atoms with Crippen molar-refractivity contribution < 1.29 is 9.53 Å². The number of hydrogen-bond donors (Lipinski definition) is 0. The second-order valence-corrected chi connectivity index (χ2v) is 3.86. The number of aromatic nitrogens is 1. The smallest absolute Gasteiger partial charge is 0.306 e. The molecule has 0 amide bonds. The van der Waals surface area contributed by atoms with Crippen LogP contribution in [-0.2, 0) is 16.0 Å². The predicted molar refractivity (Wildman–Crippen MR) is 66.7 cm³/mol. The Labute approximate surface area is 100 Å². The average molecular weight is 229 g/mol. The molecule has 3 heteroatoms. The Balaban J connectivity index is 2.06. The van der Waals surface area contributed by atoms with Gasteiger partial charge in [0.25, 0.3) is 0 Å². The van der Waals surface area contributed by atoms with Crippen molar-refractivity contribution in [2.45, 2.75) is 19.8 Å². The Hall–Kier alpha value is -1.90. The highest BCUT2D eigenvalue weighted by atomic mass is 16.5. The largest absolute Gasteiger partial charge is 0.466 e. The van der Waals surface area contributed by atoms with E-state index >= 15 is 0 Å². The van der Waals surface area contributed by atoms with Gasteiger partial charge in [-0.15, -0.1) is 0 Å². The number of benzene rings is 1. The van der Waals surface area contributed by atoms with Crippen LogP contribution in [0.1, 0.15) is 18.9 Å². The van der Waals surface area contributed by atoms with E-state index in [-0.39, 0.29) is 5.97 Å². The molecular weight excluding hydrogens is 214 g/mol. The number of esters is 1. The molecule has 0 saturated carbocycles. The minimum absolute atomic E-state index is 0.140. The highest BCUT2D eigenvalue weighted by molar-refractivity contribution is 5.82. The lowest BCUT2D eigenvalue weighted by molar-refractivity contribution is -0.143. The highest BCUT2D eigenvalue weighted by Crippen LogP contribution is 2.15. The topological polar surface area (TPSA) is 39.2 Å². The molecule has 0 aliphatic rings. The molecule has 0 aliphatic carbocycles. The number of hydrogen-bond acceptors (Lipinski definition) is 3. The van der Waals surface area contributed by atoms with Crippen LogP contribution in [0.3, 0.4) is 0 Å². The van der Waals surface area contributed by atoms with Crippen LogP contribution in [0.2, 0.25) is 0 Å². The maximum Gasteiger partial charge on any atom is 0.306 e. The van der Waals surface area contributed by atoms with Crippen LogP contribution in [0.15, 0.2) is 36.7 Å². The Morgan fingerprint density at radius 2 is 2.18 bits per heavy atom. The summed E-state index contributed by atoms with van der Waals surface area (Å²) < 4.78 is 4.90. The molecular formula is C14H15NO2. The van der Waals surface area contributed by atoms with Gasteiger partial charge in [0, 0.05) is 24.2 Å². The first kappa shape index (κ1) is 11.6. The summed E-state index contributed by atoms with van der Waals surface area (Å²) in [5.74, 6) is -0.140. The summed E-state index contributed by atoms with van der Waals surface area (Å²) in [6.07, 6.45) is 4.76. The minimum Gasteiger partial charge on any atom is -0.466 e. The van der Waals surface area contributed by atoms with Gasteiger partial charge in [-0.1, -0.05) is 12.1 Å². The second kappa shape index (κ2) is 5.43. The van der Waals surface area contributed by atoms with Crippen molar-refractivity contribution in [3.63, 3.8) is 0 Å². The van der Waals surface area contributed by atoms with E-state index in [9.17, 15) is 4.79 Å². The monoisotopic (exact) mass is 229 g/mol. The average Bonchev–Trinajstić information content (AvgIpc) is 2.36. The number of ether oxygens (including phenoxy) is 1. The second-order valence-electron chi connectivity index (χ2n) is 3.86. The lowest BCUT2D eigenvalue weighted by atomic mass is 10.1. The van der Waals surface area contributed by atoms with Gasteiger partial charge in [-0.05, 0) is 36.4 Å². The minimum atomic E-state index is -0.140. The van der Waals surface area contributed by atoms with E-state index in [2.05, 4.69) is 17.1 Å². The van der Waals surface area contributed by atoms with Crippen LogP contribution >= 0.6 is 0 Å². The van der Waals surface area contributed by atoms with Gasteiger partial charge >= 0.3 is 5.97 Å². The SMILES string of the molecule is CCOC(=O)CCc1ccc2ccncc2c1. The standard InChI is InChI=1S/C14H15NO2/c1-2-17-14(16)6-4-11-3-5-12-7-8-15-10-13(12)9-11/h3,5,7-10H,2,4,6H2,1H3. The summed E-state index contributed by atoms with van der Waals surface area (Å²) >= 11 is 0. The van der Waals surface area contributed by atoms with Crippen LogP contribution in [0.4, 0.5) is 0 Å². The van der Waals surface area contributed by atoms with Crippen LogP contribution in [0.5, 0.6) is 0 Å². The molecule has 0 N–H and O–H groups in total. The highest BCUT2D eigenvalue weighted by Gasteiger charge is 2.03. The summed E-state index contributed by atoms with van der Waals surface area (Å²) in [5.41, 5.74) is 1.14. The Bertz CT molecular complexity index is 522. The first-order chi connectivity index (χ1) is 8.29. The molecule has 3 nitrogen and oxygen atoms in total. The molecule has 0 saturated heterocycles. The van der Waals surface area contributed by atoms with E-state index in [1.54, 1.807) is 6.20 Å². The Morgan fingerprint density at radius 3 is 3.00 bits per heavy atom. The molecule has 1 aromatic heterocycles. The molecule has 0 unspecified atom stereocenters. The summed E-state index contributed by atoms with van der Waals surface area (Å²) in [6, 6.07) is 8.14. The van der Waals surface area contributed by atoms with Crippen molar-refractivity contribution in [2.75, 3.05) is 6.61 Å². The number of fused-ring (bicyclic) bond motifs is 1. The van der Waals surface area contributed by atoms with Gasteiger partial charge in [0.05, 0.1) is 6.61 Å². The number of aryl methyl sites for hydroxylation is 1. The van der Waals surface area contributed by atoms with E-state index < -0.39 is 0 Å². The molecule has 2 rings (SSSR count). The number of carbonyl (C=O) groups is 1. The van der Waals surface area contributed by atoms with Crippen molar-refractivity contribution in [3.8, 4) is 0 Å². The zero-order valence-corrected chi connectivity index (χ0v) is 9.85. The lowest BCUT2D eigenvalue weighted by Crippen LogP contribution is -2.05. The molecule has 88 valence electrons. The molecule has 0 spiro atoms. The molecule has 0 bridgehead atoms. The van der Waals surface area contributed by atoms with E-state index in [1.807, 2.05) is 25.3 Å². The summed E-state index contributed by atoms with van der Waals surface area (Å²) in [4.78, 5) is 15.3. The molecule has 2 aromatic rings. The van der Waals surface area contributed by atoms with Crippen molar-refractivity contribution in [3.05, 3.63) is 42.2 Å². The van der Waals surface area contributed by atoms with Gasteiger partial charge in [0.15, 0.2) is 0 Å². The van der Waals surface area contributed by atoms with Gasteiger partial charge in [-0.2, -0.15) is 0 Å². The van der Waals surface area contributed by atoms with Crippen LogP contribution < -0.4 is 0 Å². The van der Waals surface area contributed by atoms with Gasteiger partial charge in [0.2, 0.25) is 0 Å². The number of carbonyl (C=O) groups excluding carboxylic acids is 1. The number of pyridine rings is 1. The van der Waals surface area contributed by atoms with Gasteiger partial charge in [-0.3, -0.25) is 9.78 Å². The van der Waals surface area contributed by atoms with E-state index in [1.165, 1.54) is 5.39 Å². The number of rotatable bonds is 4. The fourth-order valence-electron chi connectivity index (χ4n) is 1.77.